The highest BCUT2D eigenvalue weighted by Crippen LogP contribution is 2.30. The van der Waals surface area contributed by atoms with E-state index in [4.69, 9.17) is 19.8 Å². The van der Waals surface area contributed by atoms with Gasteiger partial charge in [-0.25, -0.2) is 10.3 Å². The third kappa shape index (κ3) is 7.97. The lowest BCUT2D eigenvalue weighted by atomic mass is 9.96. The van der Waals surface area contributed by atoms with Crippen LogP contribution in [0.15, 0.2) is 65.6 Å². The topological polar surface area (TPSA) is 117 Å². The van der Waals surface area contributed by atoms with E-state index in [1.54, 1.807) is 55.1 Å². The Morgan fingerprint density at radius 3 is 2.58 bits per heavy atom. The maximum Gasteiger partial charge on any atom is 0.412 e. The highest BCUT2D eigenvalue weighted by atomic mass is 32.2. The van der Waals surface area contributed by atoms with Crippen LogP contribution in [0.2, 0.25) is 0 Å². The quantitative estimate of drug-likeness (QED) is 0.190. The summed E-state index contributed by atoms with van der Waals surface area (Å²) in [6, 6.07) is 14.3. The molecule has 4 N–H and O–H groups in total. The molecule has 0 spiro atoms. The van der Waals surface area contributed by atoms with Crippen molar-refractivity contribution in [2.24, 2.45) is 5.92 Å². The van der Waals surface area contributed by atoms with E-state index in [1.807, 2.05) is 18.4 Å². The zero-order chi connectivity index (χ0) is 22.6. The molecule has 0 saturated heterocycles. The summed E-state index contributed by atoms with van der Waals surface area (Å²) < 4.78 is 11.1. The smallest absolute Gasteiger partial charge is 0.412 e. The van der Waals surface area contributed by atoms with Gasteiger partial charge in [-0.2, -0.15) is 0 Å². The van der Waals surface area contributed by atoms with Crippen molar-refractivity contribution in [1.82, 2.24) is 5.48 Å². The van der Waals surface area contributed by atoms with E-state index < -0.39 is 24.0 Å². The Balaban J connectivity index is 2.20. The van der Waals surface area contributed by atoms with E-state index in [9.17, 15) is 9.59 Å². The van der Waals surface area contributed by atoms with Gasteiger partial charge in [0.25, 0.3) is 5.91 Å². The summed E-state index contributed by atoms with van der Waals surface area (Å²) in [5.41, 5.74) is 2.75. The van der Waals surface area contributed by atoms with Crippen LogP contribution < -0.4 is 15.5 Å². The van der Waals surface area contributed by atoms with Crippen LogP contribution in [0, 0.1) is 5.92 Å². The Kier molecular flexibility index (Phi) is 9.89. The van der Waals surface area contributed by atoms with Crippen LogP contribution in [0.1, 0.15) is 18.6 Å². The summed E-state index contributed by atoms with van der Waals surface area (Å²) in [5.74, 6) is -0.587. The number of hydrogen-bond acceptors (Lipinski definition) is 7. The van der Waals surface area contributed by atoms with Gasteiger partial charge in [-0.3, -0.25) is 15.3 Å². The molecule has 2 atom stereocenters. The normalized spacial score (nSPS) is 12.8. The van der Waals surface area contributed by atoms with Gasteiger partial charge in [0.2, 0.25) is 0 Å². The van der Waals surface area contributed by atoms with Crippen LogP contribution in [0.3, 0.4) is 0 Å². The van der Waals surface area contributed by atoms with E-state index >= 15 is 0 Å². The molecular weight excluding hydrogens is 420 g/mol. The molecule has 0 aliphatic carbocycles. The number of ether oxygens (including phenoxy) is 2. The second kappa shape index (κ2) is 12.6. The first-order chi connectivity index (χ1) is 15.0. The van der Waals surface area contributed by atoms with Gasteiger partial charge in [0.1, 0.15) is 18.5 Å². The van der Waals surface area contributed by atoms with Crippen molar-refractivity contribution >= 4 is 29.4 Å². The molecule has 9 heteroatoms. The average Bonchev–Trinajstić information content (AvgIpc) is 2.80. The number of carbonyl (C=O) groups excluding carboxylic acids is 2. The minimum absolute atomic E-state index is 0.128. The molecule has 2 amide bonds. The van der Waals surface area contributed by atoms with Crippen LogP contribution in [-0.4, -0.2) is 41.8 Å². The summed E-state index contributed by atoms with van der Waals surface area (Å²) in [5, 5.41) is 20.3. The van der Waals surface area contributed by atoms with E-state index in [0.29, 0.717) is 17.0 Å². The summed E-state index contributed by atoms with van der Waals surface area (Å²) in [4.78, 5) is 25.0. The molecular formula is C22H26N2O6S. The molecule has 166 valence electrons. The minimum atomic E-state index is -0.745. The Morgan fingerprint density at radius 2 is 1.94 bits per heavy atom. The molecule has 2 aromatic carbocycles. The molecule has 8 nitrogen and oxygen atoms in total. The number of benzene rings is 2. The fraction of sp³-hybridized carbons (Fsp3) is 0.273. The summed E-state index contributed by atoms with van der Waals surface area (Å²) in [7, 11) is 0. The highest BCUT2D eigenvalue weighted by Gasteiger charge is 2.23. The summed E-state index contributed by atoms with van der Waals surface area (Å²) in [6.45, 7) is 1.78. The number of rotatable bonds is 10. The lowest BCUT2D eigenvalue weighted by molar-refractivity contribution is -0.124. The second-order valence-electron chi connectivity index (χ2n) is 6.52. The lowest BCUT2D eigenvalue weighted by Crippen LogP contribution is -2.22. The molecule has 2 aromatic rings. The predicted molar refractivity (Wildman–Crippen MR) is 118 cm³/mol. The molecule has 0 aliphatic heterocycles. The van der Waals surface area contributed by atoms with Crippen molar-refractivity contribution < 1.29 is 29.4 Å². The first-order valence-electron chi connectivity index (χ1n) is 9.54. The largest absolute Gasteiger partial charge is 0.491 e. The monoisotopic (exact) mass is 446 g/mol. The number of anilines is 1. The van der Waals surface area contributed by atoms with Crippen molar-refractivity contribution in [3.05, 3.63) is 66.2 Å². The third-order valence-corrected chi connectivity index (χ3v) is 5.00. The minimum Gasteiger partial charge on any atom is -0.491 e. The van der Waals surface area contributed by atoms with Gasteiger partial charge in [0.05, 0.1) is 6.61 Å². The standard InChI is InChI=1S/C22H26N2O6S/c1-15(6-11-20(26)24-28)21(16-4-3-5-18(14-16)29-13-12-25)30-22(27)23-17-7-9-19(31-2)10-8-17/h3-11,14-15,21,25,28H,12-13H2,1-2H3,(H,23,27)(H,24,26)/b11-6+/t15-,21-/m1/s1. The molecule has 2 rings (SSSR count). The zero-order valence-electron chi connectivity index (χ0n) is 17.3. The SMILES string of the molecule is CSc1ccc(NC(=O)O[C@@H](c2cccc(OCCO)c2)[C@H](C)/C=C/C(=O)NO)cc1. The van der Waals surface area contributed by atoms with E-state index in [-0.39, 0.29) is 13.2 Å². The van der Waals surface area contributed by atoms with Crippen molar-refractivity contribution in [2.45, 2.75) is 17.9 Å². The zero-order valence-corrected chi connectivity index (χ0v) is 18.1. The molecule has 0 aliphatic rings. The van der Waals surface area contributed by atoms with E-state index in [2.05, 4.69) is 5.32 Å². The van der Waals surface area contributed by atoms with Crippen molar-refractivity contribution in [1.29, 1.82) is 0 Å². The molecule has 31 heavy (non-hydrogen) atoms. The highest BCUT2D eigenvalue weighted by molar-refractivity contribution is 7.98. The number of aliphatic hydroxyl groups is 1. The van der Waals surface area contributed by atoms with Crippen molar-refractivity contribution in [2.75, 3.05) is 24.8 Å². The Labute approximate surface area is 185 Å². The molecule has 0 aromatic heterocycles. The molecule has 0 radical (unpaired) electrons. The number of thioether (sulfide) groups is 1. The maximum absolute atomic E-state index is 12.6. The first-order valence-corrected chi connectivity index (χ1v) is 10.8. The van der Waals surface area contributed by atoms with Gasteiger partial charge in [0.15, 0.2) is 0 Å². The number of hydroxylamine groups is 1. The van der Waals surface area contributed by atoms with Crippen LogP contribution in [-0.2, 0) is 9.53 Å². The number of aliphatic hydroxyl groups excluding tert-OH is 1. The van der Waals surface area contributed by atoms with Gasteiger partial charge in [-0.1, -0.05) is 25.1 Å². The molecule has 0 unspecified atom stereocenters. The van der Waals surface area contributed by atoms with Gasteiger partial charge < -0.3 is 14.6 Å². The second-order valence-corrected chi connectivity index (χ2v) is 7.40. The Hall–Kier alpha value is -3.01. The number of amides is 2. The maximum atomic E-state index is 12.6. The van der Waals surface area contributed by atoms with Gasteiger partial charge in [-0.15, -0.1) is 11.8 Å². The van der Waals surface area contributed by atoms with Crippen LogP contribution in [0.25, 0.3) is 0 Å². The van der Waals surface area contributed by atoms with Gasteiger partial charge in [0, 0.05) is 22.6 Å². The molecule has 0 bridgehead atoms. The van der Waals surface area contributed by atoms with Gasteiger partial charge >= 0.3 is 6.09 Å². The van der Waals surface area contributed by atoms with E-state index in [1.165, 1.54) is 11.6 Å². The fourth-order valence-corrected chi connectivity index (χ4v) is 3.15. The number of hydrogen-bond donors (Lipinski definition) is 4. The molecule has 0 fully saturated rings. The van der Waals surface area contributed by atoms with Gasteiger partial charge in [-0.05, 0) is 48.2 Å². The molecule has 0 saturated carbocycles. The predicted octanol–water partition coefficient (Wildman–Crippen LogP) is 3.77. The Bertz CT molecular complexity index is 888. The first kappa shape index (κ1) is 24.3. The summed E-state index contributed by atoms with van der Waals surface area (Å²) in [6.07, 6.45) is 3.25. The van der Waals surface area contributed by atoms with Crippen LogP contribution in [0.4, 0.5) is 10.5 Å². The fourth-order valence-electron chi connectivity index (χ4n) is 2.74. The van der Waals surface area contributed by atoms with Crippen LogP contribution >= 0.6 is 11.8 Å². The van der Waals surface area contributed by atoms with Crippen LogP contribution in [0.5, 0.6) is 5.75 Å². The summed E-state index contributed by atoms with van der Waals surface area (Å²) >= 11 is 1.60. The number of carbonyl (C=O) groups is 2. The average molecular weight is 447 g/mol. The molecule has 0 heterocycles. The number of nitrogens with one attached hydrogen (secondary N) is 2. The lowest BCUT2D eigenvalue weighted by Gasteiger charge is -2.23. The third-order valence-electron chi connectivity index (χ3n) is 4.26. The van der Waals surface area contributed by atoms with Crippen molar-refractivity contribution in [3.8, 4) is 5.75 Å². The Morgan fingerprint density at radius 1 is 1.19 bits per heavy atom. The van der Waals surface area contributed by atoms with E-state index in [0.717, 1.165) is 11.0 Å². The van der Waals surface area contributed by atoms with Crippen molar-refractivity contribution in [3.63, 3.8) is 0 Å².